The summed E-state index contributed by atoms with van der Waals surface area (Å²) in [6.45, 7) is 9.12. The van der Waals surface area contributed by atoms with E-state index in [9.17, 15) is 4.79 Å². The summed E-state index contributed by atoms with van der Waals surface area (Å²) in [5.74, 6) is 1.89. The lowest BCUT2D eigenvalue weighted by atomic mass is 10.0. The molecule has 7 heteroatoms. The highest BCUT2D eigenvalue weighted by Gasteiger charge is 2.32. The molecule has 176 valence electrons. The van der Waals surface area contributed by atoms with E-state index in [0.29, 0.717) is 25.8 Å². The third-order valence-electron chi connectivity index (χ3n) is 7.74. The Bertz CT molecular complexity index is 795. The van der Waals surface area contributed by atoms with Crippen LogP contribution in [-0.4, -0.2) is 104 Å². The van der Waals surface area contributed by atoms with Crippen LogP contribution in [0.1, 0.15) is 43.7 Å². The summed E-state index contributed by atoms with van der Waals surface area (Å²) >= 11 is 0. The quantitative estimate of drug-likeness (QED) is 0.697. The van der Waals surface area contributed by atoms with E-state index < -0.39 is 0 Å². The maximum absolute atomic E-state index is 13.2. The van der Waals surface area contributed by atoms with Gasteiger partial charge in [0.2, 0.25) is 5.91 Å². The Morgan fingerprint density at radius 2 is 1.69 bits per heavy atom. The van der Waals surface area contributed by atoms with Gasteiger partial charge in [-0.05, 0) is 57.0 Å². The number of ether oxygens (including phenoxy) is 2. The lowest BCUT2D eigenvalue weighted by Crippen LogP contribution is -2.53. The maximum atomic E-state index is 13.2. The van der Waals surface area contributed by atoms with Crippen molar-refractivity contribution in [1.29, 1.82) is 0 Å². The number of amides is 1. The SMILES string of the molecule is CN1CCCCC1CN1CCN(CC(=O)N2CCCC2c2ccc3c(c2)OCCO3)CC1. The van der Waals surface area contributed by atoms with E-state index in [0.717, 1.165) is 57.1 Å². The highest BCUT2D eigenvalue weighted by Crippen LogP contribution is 2.38. The van der Waals surface area contributed by atoms with Crippen molar-refractivity contribution in [2.24, 2.45) is 0 Å². The average molecular weight is 443 g/mol. The molecule has 0 spiro atoms. The Morgan fingerprint density at radius 1 is 0.906 bits per heavy atom. The molecular formula is C25H38N4O3. The smallest absolute Gasteiger partial charge is 0.237 e. The topological polar surface area (TPSA) is 48.5 Å². The van der Waals surface area contributed by atoms with Crippen LogP contribution < -0.4 is 9.47 Å². The molecule has 7 nitrogen and oxygen atoms in total. The van der Waals surface area contributed by atoms with E-state index in [4.69, 9.17) is 9.47 Å². The predicted molar refractivity (Wildman–Crippen MR) is 124 cm³/mol. The van der Waals surface area contributed by atoms with Gasteiger partial charge in [-0.25, -0.2) is 0 Å². The van der Waals surface area contributed by atoms with Crippen molar-refractivity contribution in [3.63, 3.8) is 0 Å². The summed E-state index contributed by atoms with van der Waals surface area (Å²) in [6.07, 6.45) is 6.11. The second kappa shape index (κ2) is 9.98. The van der Waals surface area contributed by atoms with Crippen molar-refractivity contribution in [2.45, 2.75) is 44.2 Å². The van der Waals surface area contributed by atoms with Crippen LogP contribution in [0.2, 0.25) is 0 Å². The van der Waals surface area contributed by atoms with Gasteiger partial charge in [-0.1, -0.05) is 12.5 Å². The lowest BCUT2D eigenvalue weighted by molar-refractivity contribution is -0.133. The molecule has 3 fully saturated rings. The first kappa shape index (κ1) is 22.0. The van der Waals surface area contributed by atoms with E-state index in [2.05, 4.69) is 38.8 Å². The number of rotatable bonds is 5. The Kier molecular flexibility index (Phi) is 6.85. The van der Waals surface area contributed by atoms with E-state index in [1.807, 2.05) is 6.07 Å². The summed E-state index contributed by atoms with van der Waals surface area (Å²) in [4.78, 5) is 22.8. The Morgan fingerprint density at radius 3 is 2.50 bits per heavy atom. The minimum atomic E-state index is 0.154. The van der Waals surface area contributed by atoms with Gasteiger partial charge >= 0.3 is 0 Å². The summed E-state index contributed by atoms with van der Waals surface area (Å²) < 4.78 is 11.4. The first-order valence-corrected chi connectivity index (χ1v) is 12.5. The van der Waals surface area contributed by atoms with Gasteiger partial charge in [0.05, 0.1) is 12.6 Å². The highest BCUT2D eigenvalue weighted by atomic mass is 16.6. The lowest BCUT2D eigenvalue weighted by Gasteiger charge is -2.40. The molecular weight excluding hydrogens is 404 g/mol. The Balaban J connectivity index is 1.13. The molecule has 4 aliphatic rings. The fourth-order valence-corrected chi connectivity index (χ4v) is 5.76. The molecule has 2 atom stereocenters. The third-order valence-corrected chi connectivity index (χ3v) is 7.74. The number of nitrogens with zero attached hydrogens (tertiary/aromatic N) is 4. The van der Waals surface area contributed by atoms with Crippen LogP contribution in [0, 0.1) is 0 Å². The van der Waals surface area contributed by atoms with Gasteiger partial charge in [-0.2, -0.15) is 0 Å². The van der Waals surface area contributed by atoms with E-state index in [1.165, 1.54) is 37.9 Å². The summed E-state index contributed by atoms with van der Waals surface area (Å²) in [6, 6.07) is 7.03. The van der Waals surface area contributed by atoms with Crippen molar-refractivity contribution in [3.05, 3.63) is 23.8 Å². The first-order valence-electron chi connectivity index (χ1n) is 12.5. The molecule has 0 saturated carbocycles. The van der Waals surface area contributed by atoms with Gasteiger partial charge in [-0.15, -0.1) is 0 Å². The van der Waals surface area contributed by atoms with Crippen molar-refractivity contribution >= 4 is 5.91 Å². The fourth-order valence-electron chi connectivity index (χ4n) is 5.76. The van der Waals surface area contributed by atoms with Crippen LogP contribution >= 0.6 is 0 Å². The van der Waals surface area contributed by atoms with Gasteiger partial charge in [-0.3, -0.25) is 14.6 Å². The number of benzene rings is 1. The number of hydrogen-bond acceptors (Lipinski definition) is 6. The molecule has 2 unspecified atom stereocenters. The van der Waals surface area contributed by atoms with E-state index in [1.54, 1.807) is 0 Å². The molecule has 0 radical (unpaired) electrons. The largest absolute Gasteiger partial charge is 0.486 e. The van der Waals surface area contributed by atoms with Crippen LogP contribution in [0.25, 0.3) is 0 Å². The zero-order valence-electron chi connectivity index (χ0n) is 19.5. The van der Waals surface area contributed by atoms with Crippen LogP contribution in [-0.2, 0) is 4.79 Å². The van der Waals surface area contributed by atoms with E-state index in [-0.39, 0.29) is 11.9 Å². The Labute approximate surface area is 192 Å². The average Bonchev–Trinajstić information content (AvgIpc) is 3.32. The molecule has 3 saturated heterocycles. The standard InChI is InChI=1S/C25H38N4O3/c1-26-9-3-2-5-21(26)18-27-11-13-28(14-12-27)19-25(30)29-10-4-6-22(29)20-7-8-23-24(17-20)32-16-15-31-23/h7-8,17,21-22H,2-6,9-16,18-19H2,1H3. The van der Waals surface area contributed by atoms with Gasteiger partial charge in [0, 0.05) is 45.3 Å². The van der Waals surface area contributed by atoms with Crippen molar-refractivity contribution in [1.82, 2.24) is 19.6 Å². The molecule has 4 heterocycles. The second-order valence-corrected chi connectivity index (χ2v) is 9.86. The molecule has 32 heavy (non-hydrogen) atoms. The first-order chi connectivity index (χ1) is 15.7. The number of hydrogen-bond donors (Lipinski definition) is 0. The monoisotopic (exact) mass is 442 g/mol. The van der Waals surface area contributed by atoms with Gasteiger partial charge in [0.15, 0.2) is 11.5 Å². The highest BCUT2D eigenvalue weighted by molar-refractivity contribution is 5.79. The van der Waals surface area contributed by atoms with Crippen molar-refractivity contribution < 1.29 is 14.3 Å². The molecule has 5 rings (SSSR count). The minimum absolute atomic E-state index is 0.154. The molecule has 0 bridgehead atoms. The molecule has 0 N–H and O–H groups in total. The number of carbonyl (C=O) groups is 1. The Hall–Kier alpha value is -1.83. The van der Waals surface area contributed by atoms with Crippen LogP contribution in [0.5, 0.6) is 11.5 Å². The molecule has 4 aliphatic heterocycles. The minimum Gasteiger partial charge on any atom is -0.486 e. The third kappa shape index (κ3) is 4.90. The number of carbonyl (C=O) groups excluding carboxylic acids is 1. The summed E-state index contributed by atoms with van der Waals surface area (Å²) in [5, 5.41) is 0. The summed E-state index contributed by atoms with van der Waals surface area (Å²) in [7, 11) is 2.27. The maximum Gasteiger partial charge on any atom is 0.237 e. The van der Waals surface area contributed by atoms with Gasteiger partial charge < -0.3 is 19.3 Å². The van der Waals surface area contributed by atoms with Gasteiger partial charge in [0.25, 0.3) is 0 Å². The molecule has 1 amide bonds. The number of piperazine rings is 1. The van der Waals surface area contributed by atoms with Gasteiger partial charge in [0.1, 0.15) is 13.2 Å². The number of likely N-dealkylation sites (tertiary alicyclic amines) is 2. The summed E-state index contributed by atoms with van der Waals surface area (Å²) in [5.41, 5.74) is 1.17. The van der Waals surface area contributed by atoms with Crippen LogP contribution in [0.3, 0.4) is 0 Å². The number of fused-ring (bicyclic) bond motifs is 1. The zero-order chi connectivity index (χ0) is 21.9. The predicted octanol–water partition coefficient (Wildman–Crippen LogP) is 2.22. The molecule has 0 aliphatic carbocycles. The van der Waals surface area contributed by atoms with Crippen LogP contribution in [0.4, 0.5) is 0 Å². The fraction of sp³-hybridized carbons (Fsp3) is 0.720. The number of likely N-dealkylation sites (N-methyl/N-ethyl adjacent to an activating group) is 1. The normalized spacial score (nSPS) is 27.6. The molecule has 1 aromatic carbocycles. The van der Waals surface area contributed by atoms with Crippen molar-refractivity contribution in [2.75, 3.05) is 72.6 Å². The second-order valence-electron chi connectivity index (χ2n) is 9.86. The van der Waals surface area contributed by atoms with Crippen molar-refractivity contribution in [3.8, 4) is 11.5 Å². The molecule has 0 aromatic heterocycles. The number of piperidine rings is 1. The molecule has 1 aromatic rings. The van der Waals surface area contributed by atoms with Crippen LogP contribution in [0.15, 0.2) is 18.2 Å². The zero-order valence-corrected chi connectivity index (χ0v) is 19.5. The van der Waals surface area contributed by atoms with E-state index >= 15 is 0 Å².